The molecule has 4 heteroatoms. The fraction of sp³-hybridized carbons (Fsp3) is 0.412. The summed E-state index contributed by atoms with van der Waals surface area (Å²) in [6, 6.07) is 0. The van der Waals surface area contributed by atoms with Crippen molar-refractivity contribution < 1.29 is 19.1 Å². The van der Waals surface area contributed by atoms with Crippen molar-refractivity contribution in [3.8, 4) is 0 Å². The van der Waals surface area contributed by atoms with Gasteiger partial charge in [-0.05, 0) is 38.5 Å². The molecule has 0 aromatic carbocycles. The van der Waals surface area contributed by atoms with Gasteiger partial charge in [-0.15, -0.1) is 0 Å². The number of hydrogen-bond donors (Lipinski definition) is 0. The molecule has 0 N–H and O–H groups in total. The molecule has 0 heterocycles. The predicted molar refractivity (Wildman–Crippen MR) is 81.4 cm³/mol. The third-order valence-electron chi connectivity index (χ3n) is 3.39. The molecule has 0 bridgehead atoms. The zero-order chi connectivity index (χ0) is 16.2. The molecule has 4 nitrogen and oxygen atoms in total. The van der Waals surface area contributed by atoms with Gasteiger partial charge in [-0.3, -0.25) is 4.79 Å². The van der Waals surface area contributed by atoms with E-state index in [-0.39, 0.29) is 17.9 Å². The SMILES string of the molecule is C=C(C)[C@@H]1C(=C)[C@@H](OC(=O)/C(C)=C/C)C=C[C@@H]1OC(C)=O. The molecule has 21 heavy (non-hydrogen) atoms. The topological polar surface area (TPSA) is 52.6 Å². The molecule has 0 unspecified atom stereocenters. The van der Waals surface area contributed by atoms with Crippen LogP contribution in [-0.2, 0) is 19.1 Å². The molecule has 0 amide bonds. The van der Waals surface area contributed by atoms with E-state index in [0.29, 0.717) is 11.1 Å². The summed E-state index contributed by atoms with van der Waals surface area (Å²) in [6.07, 6.45) is 4.11. The summed E-state index contributed by atoms with van der Waals surface area (Å²) in [6.45, 7) is 14.6. The Morgan fingerprint density at radius 2 is 1.81 bits per heavy atom. The summed E-state index contributed by atoms with van der Waals surface area (Å²) in [5.74, 6) is -1.02. The maximum atomic E-state index is 11.9. The minimum Gasteiger partial charge on any atom is -0.457 e. The fourth-order valence-corrected chi connectivity index (χ4v) is 2.17. The summed E-state index contributed by atoms with van der Waals surface area (Å²) in [5.41, 5.74) is 2.00. The van der Waals surface area contributed by atoms with Crippen LogP contribution in [0.3, 0.4) is 0 Å². The summed E-state index contributed by atoms with van der Waals surface area (Å²) in [7, 11) is 0. The minimum absolute atomic E-state index is 0.261. The van der Waals surface area contributed by atoms with Crippen LogP contribution in [0.25, 0.3) is 0 Å². The van der Waals surface area contributed by atoms with E-state index < -0.39 is 12.2 Å². The highest BCUT2D eigenvalue weighted by Crippen LogP contribution is 2.33. The van der Waals surface area contributed by atoms with Crippen molar-refractivity contribution in [2.24, 2.45) is 5.92 Å². The summed E-state index contributed by atoms with van der Waals surface area (Å²) in [5, 5.41) is 0. The van der Waals surface area contributed by atoms with E-state index >= 15 is 0 Å². The average Bonchev–Trinajstić information content (AvgIpc) is 2.39. The molecule has 0 radical (unpaired) electrons. The molecule has 3 atom stereocenters. The van der Waals surface area contributed by atoms with Gasteiger partial charge in [-0.1, -0.05) is 24.8 Å². The van der Waals surface area contributed by atoms with E-state index in [4.69, 9.17) is 9.47 Å². The molecular formula is C17H22O4. The van der Waals surface area contributed by atoms with E-state index in [1.54, 1.807) is 32.1 Å². The van der Waals surface area contributed by atoms with Crippen molar-refractivity contribution in [1.29, 1.82) is 0 Å². The van der Waals surface area contributed by atoms with E-state index in [1.807, 2.05) is 6.92 Å². The van der Waals surface area contributed by atoms with Gasteiger partial charge in [0.1, 0.15) is 12.2 Å². The monoisotopic (exact) mass is 290 g/mol. The normalized spacial score (nSPS) is 25.4. The molecule has 0 saturated carbocycles. The predicted octanol–water partition coefficient (Wildman–Crippen LogP) is 3.11. The maximum absolute atomic E-state index is 11.9. The Morgan fingerprint density at radius 3 is 2.29 bits per heavy atom. The fourth-order valence-electron chi connectivity index (χ4n) is 2.17. The number of ether oxygens (including phenoxy) is 2. The number of carbonyl (C=O) groups is 2. The summed E-state index contributed by atoms with van der Waals surface area (Å²) in [4.78, 5) is 23.0. The molecule has 0 aromatic rings. The second-order valence-corrected chi connectivity index (χ2v) is 5.16. The van der Waals surface area contributed by atoms with Gasteiger partial charge in [-0.2, -0.15) is 0 Å². The first-order chi connectivity index (χ1) is 9.77. The zero-order valence-corrected chi connectivity index (χ0v) is 13.0. The molecule has 0 saturated heterocycles. The third-order valence-corrected chi connectivity index (χ3v) is 3.39. The van der Waals surface area contributed by atoms with Crippen molar-refractivity contribution in [2.75, 3.05) is 0 Å². The lowest BCUT2D eigenvalue weighted by molar-refractivity contribution is -0.147. The molecule has 1 aliphatic rings. The first-order valence-corrected chi connectivity index (χ1v) is 6.81. The van der Waals surface area contributed by atoms with Gasteiger partial charge in [0.25, 0.3) is 0 Å². The minimum atomic E-state index is -0.541. The molecular weight excluding hydrogens is 268 g/mol. The van der Waals surface area contributed by atoms with Gasteiger partial charge in [0.15, 0.2) is 0 Å². The van der Waals surface area contributed by atoms with Crippen LogP contribution in [0.15, 0.2) is 48.1 Å². The second-order valence-electron chi connectivity index (χ2n) is 5.16. The summed E-state index contributed by atoms with van der Waals surface area (Å²) < 4.78 is 10.7. The Bertz CT molecular complexity index is 525. The number of allylic oxidation sites excluding steroid dienone is 1. The maximum Gasteiger partial charge on any atom is 0.334 e. The van der Waals surface area contributed by atoms with Gasteiger partial charge in [0.05, 0.1) is 0 Å². The molecule has 0 aromatic heterocycles. The van der Waals surface area contributed by atoms with Crippen LogP contribution in [-0.4, -0.2) is 24.1 Å². The number of rotatable bonds is 4. The lowest BCUT2D eigenvalue weighted by Gasteiger charge is -2.33. The van der Waals surface area contributed by atoms with E-state index in [0.717, 1.165) is 5.57 Å². The van der Waals surface area contributed by atoms with Crippen molar-refractivity contribution in [3.05, 3.63) is 48.1 Å². The Kier molecular flexibility index (Phi) is 5.70. The lowest BCUT2D eigenvalue weighted by Crippen LogP contribution is -2.35. The molecule has 0 fully saturated rings. The number of esters is 2. The van der Waals surface area contributed by atoms with Gasteiger partial charge >= 0.3 is 11.9 Å². The van der Waals surface area contributed by atoms with Gasteiger partial charge in [-0.25, -0.2) is 4.79 Å². The molecule has 1 aliphatic carbocycles. The van der Waals surface area contributed by atoms with E-state index in [1.165, 1.54) is 6.92 Å². The second kappa shape index (κ2) is 7.07. The highest BCUT2D eigenvalue weighted by atomic mass is 16.6. The van der Waals surface area contributed by atoms with Crippen LogP contribution in [0.4, 0.5) is 0 Å². The standard InChI is InChI=1S/C17H22O4/c1-7-11(4)17(19)21-14-8-9-15(20-13(6)18)16(10(2)3)12(14)5/h7-9,14-16H,2,5H2,1,3-4,6H3/b11-7+/t14-,15-,16+/m0/s1. The highest BCUT2D eigenvalue weighted by molar-refractivity contribution is 5.88. The molecule has 1 rings (SSSR count). The number of carbonyl (C=O) groups excluding carboxylic acids is 2. The first kappa shape index (κ1) is 17.0. The third kappa shape index (κ3) is 4.18. The largest absolute Gasteiger partial charge is 0.457 e. The van der Waals surface area contributed by atoms with E-state index in [2.05, 4.69) is 13.2 Å². The van der Waals surface area contributed by atoms with Crippen LogP contribution < -0.4 is 0 Å². The summed E-state index contributed by atoms with van der Waals surface area (Å²) >= 11 is 0. The van der Waals surface area contributed by atoms with Crippen molar-refractivity contribution in [1.82, 2.24) is 0 Å². The van der Waals surface area contributed by atoms with Crippen LogP contribution in [0.2, 0.25) is 0 Å². The van der Waals surface area contributed by atoms with Gasteiger partial charge in [0, 0.05) is 18.4 Å². The first-order valence-electron chi connectivity index (χ1n) is 6.81. The Labute approximate surface area is 125 Å². The Morgan fingerprint density at radius 1 is 1.19 bits per heavy atom. The van der Waals surface area contributed by atoms with Crippen LogP contribution in [0.5, 0.6) is 0 Å². The zero-order valence-electron chi connectivity index (χ0n) is 13.0. The number of hydrogen-bond acceptors (Lipinski definition) is 4. The Hall–Kier alpha value is -2.10. The Balaban J connectivity index is 2.96. The van der Waals surface area contributed by atoms with Gasteiger partial charge < -0.3 is 9.47 Å². The van der Waals surface area contributed by atoms with Crippen molar-refractivity contribution in [2.45, 2.75) is 39.9 Å². The van der Waals surface area contributed by atoms with Crippen molar-refractivity contribution >= 4 is 11.9 Å². The lowest BCUT2D eigenvalue weighted by atomic mass is 9.81. The average molecular weight is 290 g/mol. The smallest absolute Gasteiger partial charge is 0.334 e. The van der Waals surface area contributed by atoms with Crippen LogP contribution in [0.1, 0.15) is 27.7 Å². The molecule has 114 valence electrons. The van der Waals surface area contributed by atoms with E-state index in [9.17, 15) is 9.59 Å². The molecule has 0 spiro atoms. The molecule has 0 aliphatic heterocycles. The highest BCUT2D eigenvalue weighted by Gasteiger charge is 2.34. The quantitative estimate of drug-likeness (QED) is 0.453. The van der Waals surface area contributed by atoms with Gasteiger partial charge in [0.2, 0.25) is 0 Å². The van der Waals surface area contributed by atoms with Crippen molar-refractivity contribution in [3.63, 3.8) is 0 Å². The van der Waals surface area contributed by atoms with Crippen LogP contribution >= 0.6 is 0 Å². The van der Waals surface area contributed by atoms with Crippen LogP contribution in [0, 0.1) is 5.92 Å².